The van der Waals surface area contributed by atoms with Gasteiger partial charge in [0.1, 0.15) is 17.8 Å². The van der Waals surface area contributed by atoms with Crippen LogP contribution < -0.4 is 4.90 Å². The predicted molar refractivity (Wildman–Crippen MR) is 109 cm³/mol. The number of aromatic nitrogens is 3. The lowest BCUT2D eigenvalue weighted by Crippen LogP contribution is -2.56. The highest BCUT2D eigenvalue weighted by Crippen LogP contribution is 2.39. The van der Waals surface area contributed by atoms with Gasteiger partial charge in [0.2, 0.25) is 10.0 Å². The van der Waals surface area contributed by atoms with Crippen LogP contribution in [0.15, 0.2) is 18.6 Å². The molecule has 9 heteroatoms. The summed E-state index contributed by atoms with van der Waals surface area (Å²) in [6, 6.07) is 1.95. The Kier molecular flexibility index (Phi) is 5.32. The Morgan fingerprint density at radius 3 is 2.79 bits per heavy atom. The van der Waals surface area contributed by atoms with Crippen LogP contribution in [0.3, 0.4) is 0 Å². The lowest BCUT2D eigenvalue weighted by atomic mass is 9.81. The lowest BCUT2D eigenvalue weighted by Gasteiger charge is -2.47. The third kappa shape index (κ3) is 3.51. The number of nitrogens with one attached hydrogen (secondary N) is 1. The molecule has 3 heterocycles. The third-order valence-corrected chi connectivity index (χ3v) is 8.25. The van der Waals surface area contributed by atoms with Crippen LogP contribution in [-0.4, -0.2) is 69.8 Å². The molecule has 1 aliphatic carbocycles. The molecule has 2 aromatic heterocycles. The highest BCUT2D eigenvalue weighted by atomic mass is 32.2. The van der Waals surface area contributed by atoms with Crippen molar-refractivity contribution in [3.63, 3.8) is 0 Å². The van der Waals surface area contributed by atoms with Crippen LogP contribution in [0, 0.1) is 0 Å². The molecule has 2 aromatic rings. The first-order valence-corrected chi connectivity index (χ1v) is 11.8. The van der Waals surface area contributed by atoms with Gasteiger partial charge < -0.3 is 15.0 Å². The number of hydrogen-bond donors (Lipinski definition) is 2. The molecule has 154 valence electrons. The largest absolute Gasteiger partial charge is 0.392 e. The minimum absolute atomic E-state index is 0.0660. The maximum atomic E-state index is 13.3. The summed E-state index contributed by atoms with van der Waals surface area (Å²) < 4.78 is 28.0. The van der Waals surface area contributed by atoms with Gasteiger partial charge in [-0.1, -0.05) is 19.3 Å². The van der Waals surface area contributed by atoms with E-state index >= 15 is 0 Å². The number of aliphatic hydroxyl groups is 1. The van der Waals surface area contributed by atoms with E-state index in [-0.39, 0.29) is 12.3 Å². The second-order valence-corrected chi connectivity index (χ2v) is 9.99. The summed E-state index contributed by atoms with van der Waals surface area (Å²) in [4.78, 5) is 14.1. The van der Waals surface area contributed by atoms with Gasteiger partial charge in [0.05, 0.1) is 22.8 Å². The third-order valence-electron chi connectivity index (χ3n) is 6.23. The van der Waals surface area contributed by atoms with E-state index in [1.165, 1.54) is 4.31 Å². The fraction of sp³-hybridized carbons (Fsp3) is 0.684. The molecule has 8 nitrogen and oxygen atoms in total. The van der Waals surface area contributed by atoms with Gasteiger partial charge in [-0.05, 0) is 32.3 Å². The van der Waals surface area contributed by atoms with E-state index in [2.05, 4.69) is 26.8 Å². The molecule has 0 amide bonds. The maximum Gasteiger partial charge on any atom is 0.216 e. The molecular weight excluding hydrogens is 378 g/mol. The Balaban J connectivity index is 1.72. The molecule has 4 rings (SSSR count). The van der Waals surface area contributed by atoms with E-state index in [1.54, 1.807) is 6.33 Å². The summed E-state index contributed by atoms with van der Waals surface area (Å²) in [6.45, 7) is 3.35. The van der Waals surface area contributed by atoms with Gasteiger partial charge in [-0.2, -0.15) is 4.31 Å². The standard InChI is InChI=1S/C19H29N5O3S/c1-2-24(18-16-6-10-20-17(16)21-14-22-18)19(8-4-3-5-9-19)13-28(26,27)23-11-7-15(25)12-23/h6,10,14-15,25H,2-5,7-9,11-13H2,1H3,(H,20,21,22). The van der Waals surface area contributed by atoms with Crippen molar-refractivity contribution < 1.29 is 13.5 Å². The van der Waals surface area contributed by atoms with Gasteiger partial charge in [0.15, 0.2) is 0 Å². The van der Waals surface area contributed by atoms with Crippen LogP contribution in [0.25, 0.3) is 11.0 Å². The fourth-order valence-corrected chi connectivity index (χ4v) is 6.97. The number of rotatable bonds is 6. The Bertz CT molecular complexity index is 923. The Morgan fingerprint density at radius 2 is 2.11 bits per heavy atom. The molecule has 0 bridgehead atoms. The summed E-state index contributed by atoms with van der Waals surface area (Å²) in [5.74, 6) is 0.864. The highest BCUT2D eigenvalue weighted by molar-refractivity contribution is 7.89. The lowest BCUT2D eigenvalue weighted by molar-refractivity contribution is 0.189. The number of fused-ring (bicyclic) bond motifs is 1. The first-order valence-electron chi connectivity index (χ1n) is 10.2. The number of aromatic amines is 1. The van der Waals surface area contributed by atoms with Crippen molar-refractivity contribution in [2.45, 2.75) is 57.1 Å². The van der Waals surface area contributed by atoms with Crippen LogP contribution in [-0.2, 0) is 10.0 Å². The van der Waals surface area contributed by atoms with Crippen molar-refractivity contribution in [2.75, 3.05) is 30.3 Å². The average molecular weight is 408 g/mol. The van der Waals surface area contributed by atoms with Gasteiger partial charge in [-0.25, -0.2) is 18.4 Å². The molecule has 0 radical (unpaired) electrons. The molecule has 28 heavy (non-hydrogen) atoms. The summed E-state index contributed by atoms with van der Waals surface area (Å²) in [5, 5.41) is 10.7. The quantitative estimate of drug-likeness (QED) is 0.758. The summed E-state index contributed by atoms with van der Waals surface area (Å²) >= 11 is 0. The zero-order chi connectivity index (χ0) is 19.8. The number of sulfonamides is 1. The van der Waals surface area contributed by atoms with Crippen molar-refractivity contribution >= 4 is 26.9 Å². The van der Waals surface area contributed by atoms with Crippen LogP contribution in [0.5, 0.6) is 0 Å². The maximum absolute atomic E-state index is 13.3. The molecule has 1 unspecified atom stereocenters. The molecule has 1 saturated carbocycles. The molecule has 2 aliphatic rings. The van der Waals surface area contributed by atoms with Gasteiger partial charge in [-0.15, -0.1) is 0 Å². The molecule has 2 N–H and O–H groups in total. The second-order valence-electron chi connectivity index (χ2n) is 8.02. The predicted octanol–water partition coefficient (Wildman–Crippen LogP) is 1.88. The zero-order valence-corrected chi connectivity index (χ0v) is 17.2. The van der Waals surface area contributed by atoms with Gasteiger partial charge in [-0.3, -0.25) is 0 Å². The van der Waals surface area contributed by atoms with E-state index in [0.29, 0.717) is 19.5 Å². The molecular formula is C19H29N5O3S. The van der Waals surface area contributed by atoms with E-state index in [4.69, 9.17) is 0 Å². The fourth-order valence-electron chi connectivity index (χ4n) is 4.88. The first kappa shape index (κ1) is 19.6. The Morgan fingerprint density at radius 1 is 1.32 bits per heavy atom. The van der Waals surface area contributed by atoms with Crippen molar-refractivity contribution in [1.82, 2.24) is 19.3 Å². The number of anilines is 1. The Labute approximate surface area is 166 Å². The monoisotopic (exact) mass is 407 g/mol. The van der Waals surface area contributed by atoms with Crippen LogP contribution in [0.2, 0.25) is 0 Å². The topological polar surface area (TPSA) is 102 Å². The minimum atomic E-state index is -3.47. The van der Waals surface area contributed by atoms with Crippen molar-refractivity contribution in [3.05, 3.63) is 18.6 Å². The van der Waals surface area contributed by atoms with E-state index in [9.17, 15) is 13.5 Å². The number of H-pyrrole nitrogens is 1. The van der Waals surface area contributed by atoms with Gasteiger partial charge in [0.25, 0.3) is 0 Å². The summed E-state index contributed by atoms with van der Waals surface area (Å²) in [6.07, 6.45) is 8.14. The van der Waals surface area contributed by atoms with E-state index in [0.717, 1.165) is 49.0 Å². The minimum Gasteiger partial charge on any atom is -0.392 e. The molecule has 2 fully saturated rings. The number of β-amino-alcohol motifs (C(OH)–C–C–N with tert-alkyl or cyclic N) is 1. The number of hydrogen-bond acceptors (Lipinski definition) is 6. The molecule has 1 atom stereocenters. The van der Waals surface area contributed by atoms with Gasteiger partial charge >= 0.3 is 0 Å². The normalized spacial score (nSPS) is 23.3. The molecule has 0 aromatic carbocycles. The molecule has 1 saturated heterocycles. The van der Waals surface area contributed by atoms with Crippen LogP contribution in [0.1, 0.15) is 45.4 Å². The van der Waals surface area contributed by atoms with Crippen molar-refractivity contribution in [3.8, 4) is 0 Å². The van der Waals surface area contributed by atoms with E-state index in [1.807, 2.05) is 12.3 Å². The highest BCUT2D eigenvalue weighted by Gasteiger charge is 2.45. The Hall–Kier alpha value is -1.71. The smallest absolute Gasteiger partial charge is 0.216 e. The second kappa shape index (κ2) is 7.61. The summed E-state index contributed by atoms with van der Waals surface area (Å²) in [5.41, 5.74) is 0.276. The van der Waals surface area contributed by atoms with Gasteiger partial charge in [0, 0.05) is 25.8 Å². The number of nitrogens with zero attached hydrogens (tertiary/aromatic N) is 4. The molecule has 1 aliphatic heterocycles. The summed E-state index contributed by atoms with van der Waals surface area (Å²) in [7, 11) is -3.47. The number of aliphatic hydroxyl groups excluding tert-OH is 1. The van der Waals surface area contributed by atoms with Crippen molar-refractivity contribution in [2.24, 2.45) is 0 Å². The van der Waals surface area contributed by atoms with Crippen molar-refractivity contribution in [1.29, 1.82) is 0 Å². The SMILES string of the molecule is CCN(c1ncnc2[nH]ccc12)C1(CS(=O)(=O)N2CCC(O)C2)CCCCC1. The zero-order valence-electron chi connectivity index (χ0n) is 16.3. The molecule has 0 spiro atoms. The first-order chi connectivity index (χ1) is 13.5. The van der Waals surface area contributed by atoms with Crippen LogP contribution >= 0.6 is 0 Å². The average Bonchev–Trinajstić information content (AvgIpc) is 3.32. The van der Waals surface area contributed by atoms with E-state index < -0.39 is 21.7 Å². The van der Waals surface area contributed by atoms with Crippen LogP contribution in [0.4, 0.5) is 5.82 Å².